The minimum Gasteiger partial charge on any atom is -0.465 e. The van der Waals surface area contributed by atoms with E-state index in [1.54, 1.807) is 0 Å². The van der Waals surface area contributed by atoms with Crippen LogP contribution in [0.5, 0.6) is 0 Å². The molecule has 0 atom stereocenters. The lowest BCUT2D eigenvalue weighted by Crippen LogP contribution is -2.23. The smallest absolute Gasteiger partial charge is 0.337 e. The van der Waals surface area contributed by atoms with Crippen molar-refractivity contribution >= 4 is 17.3 Å². The molecule has 1 aromatic rings. The zero-order valence-corrected chi connectivity index (χ0v) is 11.8. The van der Waals surface area contributed by atoms with Gasteiger partial charge in [0.05, 0.1) is 17.6 Å². The molecule has 2 rings (SSSR count). The first-order valence-corrected chi connectivity index (χ1v) is 6.80. The Balaban J connectivity index is 2.13. The third-order valence-corrected chi connectivity index (χ3v) is 3.54. The fourth-order valence-electron chi connectivity index (χ4n) is 2.29. The molecule has 0 bridgehead atoms. The van der Waals surface area contributed by atoms with Gasteiger partial charge in [-0.25, -0.2) is 4.79 Å². The van der Waals surface area contributed by atoms with Crippen molar-refractivity contribution in [3.63, 3.8) is 0 Å². The number of rotatable bonds is 5. The Kier molecular flexibility index (Phi) is 5.10. The number of carbonyl (C=O) groups is 1. The highest BCUT2D eigenvalue weighted by molar-refractivity contribution is 5.91. The van der Waals surface area contributed by atoms with Crippen molar-refractivity contribution in [2.45, 2.75) is 12.8 Å². The van der Waals surface area contributed by atoms with Gasteiger partial charge in [-0.2, -0.15) is 0 Å². The van der Waals surface area contributed by atoms with Crippen LogP contribution in [-0.4, -0.2) is 37.8 Å². The third kappa shape index (κ3) is 3.91. The molecule has 1 saturated heterocycles. The molecule has 0 aromatic heterocycles. The van der Waals surface area contributed by atoms with Gasteiger partial charge in [0.15, 0.2) is 0 Å². The van der Waals surface area contributed by atoms with Crippen LogP contribution >= 0.6 is 0 Å². The lowest BCUT2D eigenvalue weighted by atomic mass is 10.0. The van der Waals surface area contributed by atoms with E-state index in [2.05, 4.69) is 10.1 Å². The van der Waals surface area contributed by atoms with Crippen molar-refractivity contribution in [1.29, 1.82) is 0 Å². The molecule has 1 N–H and O–H groups in total. The van der Waals surface area contributed by atoms with Crippen LogP contribution in [0.15, 0.2) is 18.2 Å². The van der Waals surface area contributed by atoms with Gasteiger partial charge in [0, 0.05) is 25.8 Å². The van der Waals surface area contributed by atoms with Crippen LogP contribution in [0, 0.1) is 16.0 Å². The number of hydrogen-bond acceptors (Lipinski definition) is 6. The van der Waals surface area contributed by atoms with Crippen molar-refractivity contribution < 1.29 is 19.2 Å². The van der Waals surface area contributed by atoms with E-state index in [0.717, 1.165) is 26.1 Å². The minimum atomic E-state index is -0.515. The summed E-state index contributed by atoms with van der Waals surface area (Å²) in [5.41, 5.74) is 0.585. The number of methoxy groups -OCH3 is 1. The Morgan fingerprint density at radius 2 is 2.19 bits per heavy atom. The number of nitro benzene ring substituents is 1. The van der Waals surface area contributed by atoms with Crippen LogP contribution in [0.2, 0.25) is 0 Å². The van der Waals surface area contributed by atoms with Crippen molar-refractivity contribution in [3.05, 3.63) is 33.9 Å². The van der Waals surface area contributed by atoms with Crippen LogP contribution in [0.4, 0.5) is 11.4 Å². The number of nitro groups is 1. The number of carbonyl (C=O) groups excluding carboxylic acids is 1. The fraction of sp³-hybridized carbons (Fsp3) is 0.500. The number of esters is 1. The second-order valence-electron chi connectivity index (χ2n) is 4.92. The molecule has 0 unspecified atom stereocenters. The molecular formula is C14H18N2O5. The SMILES string of the molecule is COC(=O)c1ccc([N+](=O)[O-])c(NCC2CCOCC2)c1. The van der Waals surface area contributed by atoms with Gasteiger partial charge in [0.25, 0.3) is 5.69 Å². The van der Waals surface area contributed by atoms with E-state index in [9.17, 15) is 14.9 Å². The van der Waals surface area contributed by atoms with Gasteiger partial charge in [-0.1, -0.05) is 0 Å². The van der Waals surface area contributed by atoms with Crippen LogP contribution in [0.1, 0.15) is 23.2 Å². The summed E-state index contributed by atoms with van der Waals surface area (Å²) in [6.07, 6.45) is 1.86. The van der Waals surface area contributed by atoms with Gasteiger partial charge in [-0.05, 0) is 30.9 Å². The minimum absolute atomic E-state index is 0.0466. The molecule has 0 saturated carbocycles. The van der Waals surface area contributed by atoms with Crippen molar-refractivity contribution in [1.82, 2.24) is 0 Å². The molecule has 1 aromatic carbocycles. The molecule has 114 valence electrons. The Morgan fingerprint density at radius 1 is 1.48 bits per heavy atom. The van der Waals surface area contributed by atoms with E-state index in [1.807, 2.05) is 0 Å². The molecule has 1 aliphatic heterocycles. The topological polar surface area (TPSA) is 90.7 Å². The molecular weight excluding hydrogens is 276 g/mol. The van der Waals surface area contributed by atoms with Gasteiger partial charge >= 0.3 is 5.97 Å². The number of ether oxygens (including phenoxy) is 2. The number of benzene rings is 1. The zero-order valence-electron chi connectivity index (χ0n) is 11.8. The summed E-state index contributed by atoms with van der Waals surface area (Å²) in [7, 11) is 1.28. The van der Waals surface area contributed by atoms with Gasteiger partial charge < -0.3 is 14.8 Å². The highest BCUT2D eigenvalue weighted by atomic mass is 16.6. The Labute approximate surface area is 122 Å². The summed E-state index contributed by atoms with van der Waals surface area (Å²) in [6, 6.07) is 4.17. The maximum Gasteiger partial charge on any atom is 0.337 e. The van der Waals surface area contributed by atoms with Crippen LogP contribution in [0.25, 0.3) is 0 Å². The molecule has 21 heavy (non-hydrogen) atoms. The largest absolute Gasteiger partial charge is 0.465 e. The van der Waals surface area contributed by atoms with Crippen LogP contribution in [-0.2, 0) is 9.47 Å². The van der Waals surface area contributed by atoms with E-state index < -0.39 is 10.9 Å². The first-order chi connectivity index (χ1) is 10.1. The van der Waals surface area contributed by atoms with Crippen molar-refractivity contribution in [2.75, 3.05) is 32.2 Å². The third-order valence-electron chi connectivity index (χ3n) is 3.54. The predicted molar refractivity (Wildman–Crippen MR) is 76.5 cm³/mol. The highest BCUT2D eigenvalue weighted by Crippen LogP contribution is 2.27. The predicted octanol–water partition coefficient (Wildman–Crippen LogP) is 2.22. The molecule has 1 heterocycles. The summed E-state index contributed by atoms with van der Waals surface area (Å²) >= 11 is 0. The Hall–Kier alpha value is -2.15. The monoisotopic (exact) mass is 294 g/mol. The van der Waals surface area contributed by atoms with Gasteiger partial charge in [-0.15, -0.1) is 0 Å². The molecule has 0 spiro atoms. The maximum absolute atomic E-state index is 11.5. The second-order valence-corrected chi connectivity index (χ2v) is 4.92. The Bertz CT molecular complexity index is 526. The Morgan fingerprint density at radius 3 is 2.81 bits per heavy atom. The van der Waals surface area contributed by atoms with Gasteiger partial charge in [-0.3, -0.25) is 10.1 Å². The molecule has 0 aliphatic carbocycles. The lowest BCUT2D eigenvalue weighted by molar-refractivity contribution is -0.384. The quantitative estimate of drug-likeness (QED) is 0.508. The van der Waals surface area contributed by atoms with E-state index in [4.69, 9.17) is 4.74 Å². The van der Waals surface area contributed by atoms with Crippen molar-refractivity contribution in [3.8, 4) is 0 Å². The number of anilines is 1. The first kappa shape index (κ1) is 15.2. The normalized spacial score (nSPS) is 15.5. The van der Waals surface area contributed by atoms with Crippen LogP contribution in [0.3, 0.4) is 0 Å². The van der Waals surface area contributed by atoms with E-state index >= 15 is 0 Å². The summed E-state index contributed by atoms with van der Waals surface area (Å²) < 4.78 is 9.91. The molecule has 1 fully saturated rings. The maximum atomic E-state index is 11.5. The standard InChI is InChI=1S/C14H18N2O5/c1-20-14(17)11-2-3-13(16(18)19)12(8-11)15-9-10-4-6-21-7-5-10/h2-3,8,10,15H,4-7,9H2,1H3. The molecule has 7 nitrogen and oxygen atoms in total. The molecule has 0 amide bonds. The van der Waals surface area contributed by atoms with Gasteiger partial charge in [0.1, 0.15) is 5.69 Å². The lowest BCUT2D eigenvalue weighted by Gasteiger charge is -2.22. The average Bonchev–Trinajstić information content (AvgIpc) is 2.52. The fourth-order valence-corrected chi connectivity index (χ4v) is 2.29. The zero-order chi connectivity index (χ0) is 15.2. The summed E-state index contributed by atoms with van der Waals surface area (Å²) in [4.78, 5) is 22.1. The number of hydrogen-bond donors (Lipinski definition) is 1. The average molecular weight is 294 g/mol. The second kappa shape index (κ2) is 7.03. The summed E-state index contributed by atoms with van der Waals surface area (Å²) in [5.74, 6) is -0.0980. The molecule has 7 heteroatoms. The van der Waals surface area contributed by atoms with E-state index in [1.165, 1.54) is 25.3 Å². The number of nitrogens with zero attached hydrogens (tertiary/aromatic N) is 1. The number of nitrogens with one attached hydrogen (secondary N) is 1. The summed E-state index contributed by atoms with van der Waals surface area (Å²) in [6.45, 7) is 2.06. The molecule has 1 aliphatic rings. The highest BCUT2D eigenvalue weighted by Gasteiger charge is 2.19. The van der Waals surface area contributed by atoms with Crippen LogP contribution < -0.4 is 5.32 Å². The first-order valence-electron chi connectivity index (χ1n) is 6.80. The van der Waals surface area contributed by atoms with E-state index in [0.29, 0.717) is 18.2 Å². The molecule has 0 radical (unpaired) electrons. The summed E-state index contributed by atoms with van der Waals surface area (Å²) in [5, 5.41) is 14.1. The van der Waals surface area contributed by atoms with Crippen molar-refractivity contribution in [2.24, 2.45) is 5.92 Å². The van der Waals surface area contributed by atoms with E-state index in [-0.39, 0.29) is 11.3 Å². The van der Waals surface area contributed by atoms with Gasteiger partial charge in [0.2, 0.25) is 0 Å².